The lowest BCUT2D eigenvalue weighted by atomic mass is 10.2. The molecule has 0 aliphatic heterocycles. The summed E-state index contributed by atoms with van der Waals surface area (Å²) >= 11 is 3.04. The van der Waals surface area contributed by atoms with Crippen LogP contribution < -0.4 is 0 Å². The van der Waals surface area contributed by atoms with Crippen LogP contribution in [0.2, 0.25) is 0 Å². The van der Waals surface area contributed by atoms with Crippen LogP contribution in [0.1, 0.15) is 10.6 Å². The largest absolute Gasteiger partial charge is 0.450 e. The number of benzene rings is 1. The molecule has 0 aliphatic carbocycles. The van der Waals surface area contributed by atoms with Crippen LogP contribution >= 0.6 is 15.9 Å². The molecule has 0 fully saturated rings. The van der Waals surface area contributed by atoms with Crippen molar-refractivity contribution in [3.05, 3.63) is 34.0 Å². The average Bonchev–Trinajstić information content (AvgIpc) is 2.58. The number of carbonyl (C=O) groups is 1. The molecule has 0 N–H and O–H groups in total. The van der Waals surface area contributed by atoms with Crippen LogP contribution in [-0.2, 0) is 0 Å². The molecular weight excluding hydrogens is 258 g/mol. The Morgan fingerprint density at radius 1 is 1.36 bits per heavy atom. The third-order valence-electron chi connectivity index (χ3n) is 1.79. The molecule has 5 heteroatoms. The molecule has 0 radical (unpaired) electrons. The highest BCUT2D eigenvalue weighted by Gasteiger charge is 2.15. The molecule has 0 saturated heterocycles. The number of hydrogen-bond donors (Lipinski definition) is 0. The van der Waals surface area contributed by atoms with Crippen molar-refractivity contribution in [3.63, 3.8) is 0 Å². The normalized spacial score (nSPS) is 10.8. The van der Waals surface area contributed by atoms with E-state index in [-0.39, 0.29) is 11.3 Å². The number of carbonyl (C=O) groups excluding carboxylic acids is 1. The van der Waals surface area contributed by atoms with Gasteiger partial charge < -0.3 is 4.42 Å². The highest BCUT2D eigenvalue weighted by Crippen LogP contribution is 2.30. The minimum atomic E-state index is -1.09. The van der Waals surface area contributed by atoms with Gasteiger partial charge in [-0.15, -0.1) is 0 Å². The van der Waals surface area contributed by atoms with Gasteiger partial charge in [0.05, 0.1) is 0 Å². The fourth-order valence-corrected chi connectivity index (χ4v) is 1.66. The minimum absolute atomic E-state index is 0.0369. The van der Waals surface area contributed by atoms with Crippen molar-refractivity contribution in [2.75, 3.05) is 0 Å². The summed E-state index contributed by atoms with van der Waals surface area (Å²) in [6.45, 7) is 0. The predicted molar refractivity (Wildman–Crippen MR) is 49.2 cm³/mol. The van der Waals surface area contributed by atoms with E-state index in [1.54, 1.807) is 0 Å². The number of aldehydes is 1. The zero-order valence-electron chi connectivity index (χ0n) is 6.68. The van der Waals surface area contributed by atoms with Crippen molar-refractivity contribution < 1.29 is 18.0 Å². The summed E-state index contributed by atoms with van der Waals surface area (Å²) in [6.07, 6.45) is 0.434. The molecule has 0 atom stereocenters. The number of furan rings is 1. The first-order valence-electron chi connectivity index (χ1n) is 3.65. The third kappa shape index (κ3) is 1.24. The second-order valence-electron chi connectivity index (χ2n) is 2.66. The van der Waals surface area contributed by atoms with E-state index in [0.29, 0.717) is 16.1 Å². The monoisotopic (exact) mass is 260 g/mol. The molecule has 0 amide bonds. The van der Waals surface area contributed by atoms with E-state index in [0.717, 1.165) is 6.07 Å². The number of halogens is 3. The van der Waals surface area contributed by atoms with Crippen LogP contribution in [0.5, 0.6) is 0 Å². The quantitative estimate of drug-likeness (QED) is 0.582. The molecule has 0 spiro atoms. The van der Waals surface area contributed by atoms with E-state index >= 15 is 0 Å². The first-order valence-corrected chi connectivity index (χ1v) is 4.45. The van der Waals surface area contributed by atoms with Crippen molar-refractivity contribution in [1.29, 1.82) is 0 Å². The highest BCUT2D eigenvalue weighted by molar-refractivity contribution is 9.10. The molecule has 2 rings (SSSR count). The summed E-state index contributed by atoms with van der Waals surface area (Å²) in [5.74, 6) is -2.14. The molecule has 14 heavy (non-hydrogen) atoms. The Balaban J connectivity index is 2.90. The summed E-state index contributed by atoms with van der Waals surface area (Å²) in [7, 11) is 0. The molecule has 2 aromatic rings. The first kappa shape index (κ1) is 9.33. The van der Waals surface area contributed by atoms with Gasteiger partial charge in [-0.1, -0.05) is 0 Å². The van der Waals surface area contributed by atoms with Gasteiger partial charge in [0.1, 0.15) is 0 Å². The fourth-order valence-electron chi connectivity index (χ4n) is 1.17. The van der Waals surface area contributed by atoms with Gasteiger partial charge in [-0.3, -0.25) is 4.79 Å². The van der Waals surface area contributed by atoms with Gasteiger partial charge in [-0.05, 0) is 28.1 Å². The lowest BCUT2D eigenvalue weighted by Crippen LogP contribution is -1.84. The molecule has 0 bridgehead atoms. The van der Waals surface area contributed by atoms with Crippen LogP contribution in [-0.4, -0.2) is 6.29 Å². The first-order chi connectivity index (χ1) is 6.63. The maximum atomic E-state index is 13.1. The average molecular weight is 261 g/mol. The zero-order valence-corrected chi connectivity index (χ0v) is 8.27. The highest BCUT2D eigenvalue weighted by atomic mass is 79.9. The predicted octanol–water partition coefficient (Wildman–Crippen LogP) is 3.29. The van der Waals surface area contributed by atoms with Crippen molar-refractivity contribution in [2.24, 2.45) is 0 Å². The van der Waals surface area contributed by atoms with E-state index in [9.17, 15) is 13.6 Å². The van der Waals surface area contributed by atoms with Gasteiger partial charge in [-0.25, -0.2) is 4.39 Å². The van der Waals surface area contributed by atoms with E-state index in [2.05, 4.69) is 15.9 Å². The van der Waals surface area contributed by atoms with Crippen molar-refractivity contribution in [2.45, 2.75) is 0 Å². The standard InChI is InChI=1S/C9H3BrF2O2/c10-6-2-7(11)8(12)9-5(6)1-4(3-13)14-9/h1-3H. The third-order valence-corrected chi connectivity index (χ3v) is 2.44. The molecule has 1 aromatic heterocycles. The fraction of sp³-hybridized carbons (Fsp3) is 0. The maximum Gasteiger partial charge on any atom is 0.201 e. The van der Waals surface area contributed by atoms with E-state index in [1.807, 2.05) is 0 Å². The maximum absolute atomic E-state index is 13.1. The Labute approximate surface area is 85.6 Å². The van der Waals surface area contributed by atoms with E-state index in [1.165, 1.54) is 6.07 Å². The van der Waals surface area contributed by atoms with Gasteiger partial charge in [-0.2, -0.15) is 4.39 Å². The van der Waals surface area contributed by atoms with E-state index < -0.39 is 11.6 Å². The van der Waals surface area contributed by atoms with Crippen LogP contribution in [0.15, 0.2) is 21.0 Å². The van der Waals surface area contributed by atoms with Crippen LogP contribution in [0.3, 0.4) is 0 Å². The molecule has 1 heterocycles. The van der Waals surface area contributed by atoms with Gasteiger partial charge in [0.25, 0.3) is 0 Å². The van der Waals surface area contributed by atoms with Crippen molar-refractivity contribution in [1.82, 2.24) is 0 Å². The molecular formula is C9H3BrF2O2. The second kappa shape index (κ2) is 3.16. The van der Waals surface area contributed by atoms with Crippen molar-refractivity contribution in [3.8, 4) is 0 Å². The smallest absolute Gasteiger partial charge is 0.201 e. The molecule has 0 aliphatic rings. The lowest BCUT2D eigenvalue weighted by Gasteiger charge is -1.95. The minimum Gasteiger partial charge on any atom is -0.450 e. The summed E-state index contributed by atoms with van der Waals surface area (Å²) in [5, 5.41) is 0.339. The summed E-state index contributed by atoms with van der Waals surface area (Å²) in [6, 6.07) is 2.33. The van der Waals surface area contributed by atoms with Gasteiger partial charge in [0.15, 0.2) is 23.4 Å². The molecule has 72 valence electrons. The Bertz CT molecular complexity index is 519. The molecule has 1 aromatic carbocycles. The Kier molecular flexibility index (Phi) is 2.11. The van der Waals surface area contributed by atoms with Crippen LogP contribution in [0, 0.1) is 11.6 Å². The van der Waals surface area contributed by atoms with E-state index in [4.69, 9.17) is 4.42 Å². The molecule has 2 nitrogen and oxygen atoms in total. The lowest BCUT2D eigenvalue weighted by molar-refractivity contribution is 0.110. The van der Waals surface area contributed by atoms with Crippen LogP contribution in [0.4, 0.5) is 8.78 Å². The number of rotatable bonds is 1. The number of hydrogen-bond acceptors (Lipinski definition) is 2. The summed E-state index contributed by atoms with van der Waals surface area (Å²) in [5.41, 5.74) is -0.251. The summed E-state index contributed by atoms with van der Waals surface area (Å²) in [4.78, 5) is 10.4. The van der Waals surface area contributed by atoms with Gasteiger partial charge >= 0.3 is 0 Å². The topological polar surface area (TPSA) is 30.2 Å². The van der Waals surface area contributed by atoms with Gasteiger partial charge in [0, 0.05) is 9.86 Å². The van der Waals surface area contributed by atoms with Crippen molar-refractivity contribution >= 4 is 33.2 Å². The Morgan fingerprint density at radius 2 is 2.07 bits per heavy atom. The Hall–Kier alpha value is -1.23. The Morgan fingerprint density at radius 3 is 2.71 bits per heavy atom. The number of fused-ring (bicyclic) bond motifs is 1. The SMILES string of the molecule is O=Cc1cc2c(Br)cc(F)c(F)c2o1. The zero-order chi connectivity index (χ0) is 10.3. The summed E-state index contributed by atoms with van der Waals surface area (Å²) < 4.78 is 31.1. The molecule has 0 unspecified atom stereocenters. The molecule has 0 saturated carbocycles. The van der Waals surface area contributed by atoms with Crippen LogP contribution in [0.25, 0.3) is 11.0 Å². The second-order valence-corrected chi connectivity index (χ2v) is 3.52. The van der Waals surface area contributed by atoms with Gasteiger partial charge in [0.2, 0.25) is 5.82 Å².